The van der Waals surface area contributed by atoms with E-state index in [4.69, 9.17) is 4.74 Å². The van der Waals surface area contributed by atoms with Crippen molar-refractivity contribution in [1.29, 1.82) is 0 Å². The van der Waals surface area contributed by atoms with E-state index in [0.29, 0.717) is 17.2 Å². The van der Waals surface area contributed by atoms with Crippen LogP contribution in [0.25, 0.3) is 0 Å². The summed E-state index contributed by atoms with van der Waals surface area (Å²) in [6.45, 7) is 2.53. The molecular formula is C17H23N4O5+. The fourth-order valence-corrected chi connectivity index (χ4v) is 2.53. The molecule has 9 nitrogen and oxygen atoms in total. The van der Waals surface area contributed by atoms with E-state index in [9.17, 15) is 19.2 Å². The molecule has 1 aliphatic rings. The molecule has 1 aromatic rings. The van der Waals surface area contributed by atoms with Gasteiger partial charge in [-0.25, -0.2) is 14.6 Å². The van der Waals surface area contributed by atoms with Gasteiger partial charge in [0.15, 0.2) is 13.2 Å². The second-order valence-corrected chi connectivity index (χ2v) is 6.00. The van der Waals surface area contributed by atoms with Gasteiger partial charge in [-0.1, -0.05) is 6.92 Å². The molecule has 5 amide bonds. The average Bonchev–Trinajstić information content (AvgIpc) is 2.83. The van der Waals surface area contributed by atoms with E-state index in [1.807, 2.05) is 6.92 Å². The number of urea groups is 1. The number of nitrogens with zero attached hydrogens (tertiary/aromatic N) is 2. The summed E-state index contributed by atoms with van der Waals surface area (Å²) in [6, 6.07) is 5.52. The number of anilines is 1. The second-order valence-electron chi connectivity index (χ2n) is 6.00. The summed E-state index contributed by atoms with van der Waals surface area (Å²) in [7, 11) is 3.17. The molecule has 1 fully saturated rings. The van der Waals surface area contributed by atoms with Crippen molar-refractivity contribution in [2.75, 3.05) is 38.8 Å². The van der Waals surface area contributed by atoms with Gasteiger partial charge in [-0.2, -0.15) is 0 Å². The van der Waals surface area contributed by atoms with E-state index in [-0.39, 0.29) is 24.8 Å². The smallest absolute Gasteiger partial charge is 0.343 e. The first-order valence-electron chi connectivity index (χ1n) is 8.31. The van der Waals surface area contributed by atoms with Crippen LogP contribution in [-0.4, -0.2) is 62.6 Å². The number of carbonyl (C=O) groups excluding carboxylic acids is 4. The van der Waals surface area contributed by atoms with Crippen molar-refractivity contribution in [3.8, 4) is 5.75 Å². The van der Waals surface area contributed by atoms with Gasteiger partial charge in [-0.15, -0.1) is 0 Å². The SMILES string of the molecule is CCCNC(=O)C[NH+](C)CN1C(=O)C(=O)N(c2ccc(OC)cc2)C1=O. The number of likely N-dealkylation sites (N-methyl/N-ethyl adjacent to an activating group) is 1. The molecule has 26 heavy (non-hydrogen) atoms. The fourth-order valence-electron chi connectivity index (χ4n) is 2.53. The highest BCUT2D eigenvalue weighted by molar-refractivity contribution is 6.52. The number of hydrogen-bond donors (Lipinski definition) is 2. The molecule has 9 heteroatoms. The highest BCUT2D eigenvalue weighted by atomic mass is 16.5. The number of benzene rings is 1. The quantitative estimate of drug-likeness (QED) is 0.455. The zero-order valence-corrected chi connectivity index (χ0v) is 15.1. The monoisotopic (exact) mass is 363 g/mol. The third-order valence-corrected chi connectivity index (χ3v) is 3.85. The number of quaternary nitrogens is 1. The Bertz CT molecular complexity index is 704. The molecule has 2 rings (SSSR count). The van der Waals surface area contributed by atoms with Crippen molar-refractivity contribution < 1.29 is 28.8 Å². The van der Waals surface area contributed by atoms with E-state index in [1.165, 1.54) is 19.2 Å². The Hall–Kier alpha value is -2.94. The van der Waals surface area contributed by atoms with Gasteiger partial charge in [0.1, 0.15) is 5.75 Å². The van der Waals surface area contributed by atoms with Gasteiger partial charge in [-0.3, -0.25) is 14.4 Å². The maximum Gasteiger partial charge on any atom is 0.343 e. The number of ether oxygens (including phenoxy) is 1. The summed E-state index contributed by atoms with van der Waals surface area (Å²) >= 11 is 0. The topological polar surface area (TPSA) is 100 Å². The third kappa shape index (κ3) is 4.17. The Kier molecular flexibility index (Phi) is 6.29. The third-order valence-electron chi connectivity index (χ3n) is 3.85. The van der Waals surface area contributed by atoms with Gasteiger partial charge in [0, 0.05) is 6.54 Å². The number of nitrogens with one attached hydrogen (secondary N) is 2. The van der Waals surface area contributed by atoms with Gasteiger partial charge >= 0.3 is 17.8 Å². The summed E-state index contributed by atoms with van der Waals surface area (Å²) in [4.78, 5) is 51.0. The lowest BCUT2D eigenvalue weighted by atomic mass is 10.3. The molecule has 0 spiro atoms. The van der Waals surface area contributed by atoms with E-state index in [1.54, 1.807) is 19.2 Å². The largest absolute Gasteiger partial charge is 0.497 e. The van der Waals surface area contributed by atoms with Crippen molar-refractivity contribution in [3.05, 3.63) is 24.3 Å². The summed E-state index contributed by atoms with van der Waals surface area (Å²) in [6.07, 6.45) is 0.819. The summed E-state index contributed by atoms with van der Waals surface area (Å²) in [5.41, 5.74) is 0.287. The van der Waals surface area contributed by atoms with E-state index in [0.717, 1.165) is 16.2 Å². The van der Waals surface area contributed by atoms with Crippen LogP contribution in [0.1, 0.15) is 13.3 Å². The van der Waals surface area contributed by atoms with Crippen molar-refractivity contribution in [2.45, 2.75) is 13.3 Å². The van der Waals surface area contributed by atoms with Gasteiger partial charge in [0.2, 0.25) is 0 Å². The number of imide groups is 2. The first-order chi connectivity index (χ1) is 12.4. The minimum absolute atomic E-state index is 0.0738. The molecule has 0 saturated carbocycles. The Morgan fingerprint density at radius 2 is 1.81 bits per heavy atom. The van der Waals surface area contributed by atoms with Crippen LogP contribution in [0.2, 0.25) is 0 Å². The van der Waals surface area contributed by atoms with Crippen LogP contribution in [-0.2, 0) is 14.4 Å². The molecule has 1 aliphatic heterocycles. The fraction of sp³-hybridized carbons (Fsp3) is 0.412. The molecule has 1 saturated heterocycles. The number of amides is 5. The molecule has 1 atom stereocenters. The van der Waals surface area contributed by atoms with Crippen LogP contribution >= 0.6 is 0 Å². The maximum atomic E-state index is 12.5. The van der Waals surface area contributed by atoms with Gasteiger partial charge < -0.3 is 15.0 Å². The molecule has 1 aromatic carbocycles. The molecule has 0 aliphatic carbocycles. The molecule has 0 radical (unpaired) electrons. The van der Waals surface area contributed by atoms with Crippen LogP contribution in [0, 0.1) is 0 Å². The van der Waals surface area contributed by atoms with Crippen molar-refractivity contribution in [2.24, 2.45) is 0 Å². The molecule has 0 bridgehead atoms. The summed E-state index contributed by atoms with van der Waals surface area (Å²) in [5.74, 6) is -1.43. The number of carbonyl (C=O) groups is 4. The molecule has 140 valence electrons. The average molecular weight is 363 g/mol. The lowest BCUT2D eigenvalue weighted by Crippen LogP contribution is -3.12. The van der Waals surface area contributed by atoms with Gasteiger partial charge in [0.25, 0.3) is 5.91 Å². The predicted molar refractivity (Wildman–Crippen MR) is 92.6 cm³/mol. The number of rotatable bonds is 8. The Morgan fingerprint density at radius 3 is 2.38 bits per heavy atom. The minimum atomic E-state index is -0.914. The maximum absolute atomic E-state index is 12.5. The second kappa shape index (κ2) is 8.43. The highest BCUT2D eigenvalue weighted by Gasteiger charge is 2.46. The molecule has 0 aromatic heterocycles. The van der Waals surface area contributed by atoms with Crippen molar-refractivity contribution in [1.82, 2.24) is 10.2 Å². The Labute approximate surface area is 151 Å². The van der Waals surface area contributed by atoms with Gasteiger partial charge in [-0.05, 0) is 30.7 Å². The van der Waals surface area contributed by atoms with E-state index in [2.05, 4.69) is 5.32 Å². The van der Waals surface area contributed by atoms with Gasteiger partial charge in [0.05, 0.1) is 19.8 Å². The summed E-state index contributed by atoms with van der Waals surface area (Å²) < 4.78 is 5.04. The van der Waals surface area contributed by atoms with Crippen LogP contribution < -0.4 is 19.9 Å². The lowest BCUT2D eigenvalue weighted by molar-refractivity contribution is -0.878. The Morgan fingerprint density at radius 1 is 1.15 bits per heavy atom. The normalized spacial score (nSPS) is 15.4. The van der Waals surface area contributed by atoms with E-state index < -0.39 is 17.8 Å². The first-order valence-corrected chi connectivity index (χ1v) is 8.31. The van der Waals surface area contributed by atoms with Crippen LogP contribution in [0.3, 0.4) is 0 Å². The highest BCUT2D eigenvalue weighted by Crippen LogP contribution is 2.24. The number of hydrogen-bond acceptors (Lipinski definition) is 5. The van der Waals surface area contributed by atoms with Crippen molar-refractivity contribution >= 4 is 29.4 Å². The Balaban J connectivity index is 2.06. The van der Waals surface area contributed by atoms with Crippen LogP contribution in [0.5, 0.6) is 5.75 Å². The van der Waals surface area contributed by atoms with E-state index >= 15 is 0 Å². The van der Waals surface area contributed by atoms with Crippen LogP contribution in [0.4, 0.5) is 10.5 Å². The molecular weight excluding hydrogens is 340 g/mol. The molecule has 1 unspecified atom stereocenters. The minimum Gasteiger partial charge on any atom is -0.497 e. The first kappa shape index (κ1) is 19.4. The standard InChI is InChI=1S/C17H22N4O5/c1-4-9-18-14(22)10-19(2)11-20-15(23)16(24)21(17(20)25)12-5-7-13(26-3)8-6-12/h5-8H,4,9-11H2,1-3H3,(H,18,22)/p+1. The number of methoxy groups -OCH3 is 1. The lowest BCUT2D eigenvalue weighted by Gasteiger charge is -2.19. The zero-order chi connectivity index (χ0) is 19.3. The summed E-state index contributed by atoms with van der Waals surface area (Å²) in [5, 5.41) is 2.73. The molecule has 1 heterocycles. The molecule has 2 N–H and O–H groups in total. The predicted octanol–water partition coefficient (Wildman–Crippen LogP) is -1.01. The van der Waals surface area contributed by atoms with Crippen molar-refractivity contribution in [3.63, 3.8) is 0 Å². The zero-order valence-electron chi connectivity index (χ0n) is 15.1. The van der Waals surface area contributed by atoms with Crippen LogP contribution in [0.15, 0.2) is 24.3 Å².